The van der Waals surface area contributed by atoms with Gasteiger partial charge in [-0.25, -0.2) is 4.98 Å². The highest BCUT2D eigenvalue weighted by atomic mass is 35.5. The lowest BCUT2D eigenvalue weighted by molar-refractivity contribution is 0.0666. The van der Waals surface area contributed by atoms with Crippen LogP contribution in [0.4, 0.5) is 0 Å². The van der Waals surface area contributed by atoms with Gasteiger partial charge in [-0.05, 0) is 62.3 Å². The molecule has 1 aliphatic rings. The number of pyridine rings is 1. The van der Waals surface area contributed by atoms with Crippen molar-refractivity contribution in [2.45, 2.75) is 78.4 Å². The molecule has 0 fully saturated rings. The molecule has 1 atom stereocenters. The number of ether oxygens (including phenoxy) is 2. The highest BCUT2D eigenvalue weighted by Gasteiger charge is 2.37. The second kappa shape index (κ2) is 10.3. The maximum absolute atomic E-state index is 6.49. The number of hydrogen-bond acceptors (Lipinski definition) is 5. The molecule has 1 unspecified atom stereocenters. The summed E-state index contributed by atoms with van der Waals surface area (Å²) in [6.07, 6.45) is 0.878. The van der Waals surface area contributed by atoms with Gasteiger partial charge in [-0.15, -0.1) is 0 Å². The Hall–Kier alpha value is -2.19. The Balaban J connectivity index is 1.78. The average molecular weight is 528 g/mol. The number of nitrogens with zero attached hydrogens (tertiary/aromatic N) is 3. The molecule has 6 nitrogen and oxygen atoms in total. The van der Waals surface area contributed by atoms with Crippen molar-refractivity contribution in [1.82, 2.24) is 14.5 Å². The molecule has 36 heavy (non-hydrogen) atoms. The standard InChI is InChI=1S/C28H38ClN3O3Si/c1-18-13-21(14-22(30-18)17-35-36(7,8)28(3,4)5)26-24-11-12-34-19(2)16-32(24)27(31-26)20-9-10-23(29)25(15-20)33-6/h9-10,13-15,19H,11-12,16-17H2,1-8H3. The summed E-state index contributed by atoms with van der Waals surface area (Å²) in [6, 6.07) is 10.1. The third-order valence-corrected chi connectivity index (χ3v) is 12.1. The van der Waals surface area contributed by atoms with Crippen LogP contribution in [-0.2, 0) is 28.7 Å². The minimum Gasteiger partial charge on any atom is -0.495 e. The van der Waals surface area contributed by atoms with Crippen LogP contribution < -0.4 is 4.74 Å². The molecule has 0 spiro atoms. The van der Waals surface area contributed by atoms with Gasteiger partial charge in [0.1, 0.15) is 11.6 Å². The summed E-state index contributed by atoms with van der Waals surface area (Å²) in [6.45, 7) is 17.3. The van der Waals surface area contributed by atoms with Gasteiger partial charge >= 0.3 is 0 Å². The van der Waals surface area contributed by atoms with E-state index in [0.29, 0.717) is 24.0 Å². The Morgan fingerprint density at radius 1 is 1.14 bits per heavy atom. The van der Waals surface area contributed by atoms with Crippen LogP contribution in [0.3, 0.4) is 0 Å². The fraction of sp³-hybridized carbons (Fsp3) is 0.500. The van der Waals surface area contributed by atoms with Crippen molar-refractivity contribution < 1.29 is 13.9 Å². The molecule has 3 aromatic rings. The van der Waals surface area contributed by atoms with Gasteiger partial charge in [0, 0.05) is 28.9 Å². The molecule has 8 heteroatoms. The molecule has 2 aromatic heterocycles. The molecule has 1 aliphatic heterocycles. The number of aryl methyl sites for hydroxylation is 1. The topological polar surface area (TPSA) is 58.4 Å². The monoisotopic (exact) mass is 527 g/mol. The minimum atomic E-state index is -1.89. The molecule has 0 aliphatic carbocycles. The first-order valence-corrected chi connectivity index (χ1v) is 15.8. The summed E-state index contributed by atoms with van der Waals surface area (Å²) >= 11 is 6.31. The molecule has 0 saturated heterocycles. The van der Waals surface area contributed by atoms with Gasteiger partial charge in [-0.1, -0.05) is 32.4 Å². The average Bonchev–Trinajstić information content (AvgIpc) is 3.03. The highest BCUT2D eigenvalue weighted by Crippen LogP contribution is 2.38. The zero-order valence-electron chi connectivity index (χ0n) is 22.7. The van der Waals surface area contributed by atoms with E-state index in [0.717, 1.165) is 47.0 Å². The van der Waals surface area contributed by atoms with Gasteiger partial charge in [-0.2, -0.15) is 0 Å². The van der Waals surface area contributed by atoms with E-state index in [9.17, 15) is 0 Å². The first kappa shape index (κ1) is 26.9. The molecule has 1 aromatic carbocycles. The SMILES string of the molecule is COc1cc(-c2nc(-c3cc(C)nc(CO[Si](C)(C)C(C)(C)C)c3)c3n2CC(C)OCC3)ccc1Cl. The third kappa shape index (κ3) is 5.54. The minimum absolute atomic E-state index is 0.0916. The zero-order valence-corrected chi connectivity index (χ0v) is 24.5. The van der Waals surface area contributed by atoms with Crippen LogP contribution in [0, 0.1) is 6.92 Å². The fourth-order valence-electron chi connectivity index (χ4n) is 4.27. The summed E-state index contributed by atoms with van der Waals surface area (Å²) in [4.78, 5) is 9.98. The van der Waals surface area contributed by atoms with Crippen LogP contribution in [0.1, 0.15) is 44.8 Å². The molecule has 0 bridgehead atoms. The number of halogens is 1. The van der Waals surface area contributed by atoms with E-state index in [1.54, 1.807) is 7.11 Å². The van der Waals surface area contributed by atoms with E-state index in [-0.39, 0.29) is 11.1 Å². The van der Waals surface area contributed by atoms with E-state index < -0.39 is 8.32 Å². The van der Waals surface area contributed by atoms with Crippen molar-refractivity contribution in [1.29, 1.82) is 0 Å². The van der Waals surface area contributed by atoms with Crippen LogP contribution in [0.25, 0.3) is 22.6 Å². The van der Waals surface area contributed by atoms with E-state index in [4.69, 9.17) is 35.5 Å². The van der Waals surface area contributed by atoms with Gasteiger partial charge in [0.2, 0.25) is 0 Å². The predicted octanol–water partition coefficient (Wildman–Crippen LogP) is 7.07. The molecule has 0 saturated carbocycles. The van der Waals surface area contributed by atoms with Gasteiger partial charge in [0.15, 0.2) is 8.32 Å². The van der Waals surface area contributed by atoms with Crippen molar-refractivity contribution in [2.75, 3.05) is 13.7 Å². The second-order valence-electron chi connectivity index (χ2n) is 11.2. The second-order valence-corrected chi connectivity index (χ2v) is 16.4. The summed E-state index contributed by atoms with van der Waals surface area (Å²) in [5.74, 6) is 1.52. The maximum Gasteiger partial charge on any atom is 0.192 e. The number of aromatic nitrogens is 3. The highest BCUT2D eigenvalue weighted by molar-refractivity contribution is 6.74. The van der Waals surface area contributed by atoms with Crippen molar-refractivity contribution in [3.63, 3.8) is 0 Å². The third-order valence-electron chi connectivity index (χ3n) is 7.33. The Kier molecular flexibility index (Phi) is 7.67. The largest absolute Gasteiger partial charge is 0.495 e. The molecule has 3 heterocycles. The van der Waals surface area contributed by atoms with E-state index >= 15 is 0 Å². The van der Waals surface area contributed by atoms with Gasteiger partial charge in [-0.3, -0.25) is 4.98 Å². The fourth-order valence-corrected chi connectivity index (χ4v) is 5.41. The number of imidazole rings is 1. The van der Waals surface area contributed by atoms with Crippen LogP contribution >= 0.6 is 11.6 Å². The zero-order chi connectivity index (χ0) is 26.3. The van der Waals surface area contributed by atoms with Crippen molar-refractivity contribution in [3.8, 4) is 28.4 Å². The lowest BCUT2D eigenvalue weighted by Gasteiger charge is -2.36. The quantitative estimate of drug-likeness (QED) is 0.321. The van der Waals surface area contributed by atoms with E-state index in [2.05, 4.69) is 57.5 Å². The van der Waals surface area contributed by atoms with Gasteiger partial charge in [0.05, 0.1) is 49.4 Å². The lowest BCUT2D eigenvalue weighted by Crippen LogP contribution is -2.40. The number of rotatable bonds is 6. The Labute approximate surface area is 221 Å². The van der Waals surface area contributed by atoms with E-state index in [1.165, 1.54) is 5.69 Å². The van der Waals surface area contributed by atoms with Gasteiger partial charge < -0.3 is 18.5 Å². The summed E-state index contributed by atoms with van der Waals surface area (Å²) < 4.78 is 20.3. The lowest BCUT2D eigenvalue weighted by atomic mass is 10.1. The maximum atomic E-state index is 6.49. The van der Waals surface area contributed by atoms with Crippen LogP contribution in [0.5, 0.6) is 5.75 Å². The van der Waals surface area contributed by atoms with Crippen LogP contribution in [0.15, 0.2) is 30.3 Å². The number of benzene rings is 1. The Morgan fingerprint density at radius 2 is 1.89 bits per heavy atom. The molecule has 0 radical (unpaired) electrons. The van der Waals surface area contributed by atoms with Crippen LogP contribution in [-0.4, -0.2) is 42.7 Å². The number of methoxy groups -OCH3 is 1. The van der Waals surface area contributed by atoms with E-state index in [1.807, 2.05) is 25.1 Å². The smallest absolute Gasteiger partial charge is 0.192 e. The molecular weight excluding hydrogens is 490 g/mol. The normalized spacial score (nSPS) is 16.5. The summed E-state index contributed by atoms with van der Waals surface area (Å²) in [7, 11) is -0.262. The number of fused-ring (bicyclic) bond motifs is 1. The Morgan fingerprint density at radius 3 is 2.58 bits per heavy atom. The molecular formula is C28H38ClN3O3Si. The Bertz CT molecular complexity index is 1250. The van der Waals surface area contributed by atoms with Crippen molar-refractivity contribution in [2.24, 2.45) is 0 Å². The molecule has 0 amide bonds. The first-order valence-electron chi connectivity index (χ1n) is 12.6. The molecule has 194 valence electrons. The first-order chi connectivity index (χ1) is 16.9. The number of hydrogen-bond donors (Lipinski definition) is 0. The van der Waals surface area contributed by atoms with Crippen molar-refractivity contribution >= 4 is 19.9 Å². The van der Waals surface area contributed by atoms with Gasteiger partial charge in [0.25, 0.3) is 0 Å². The summed E-state index contributed by atoms with van der Waals surface area (Å²) in [5.41, 5.74) is 6.05. The molecule has 4 rings (SSSR count). The molecule has 0 N–H and O–H groups in total. The summed E-state index contributed by atoms with van der Waals surface area (Å²) in [5, 5.41) is 0.725. The van der Waals surface area contributed by atoms with Crippen LogP contribution in [0.2, 0.25) is 23.2 Å². The van der Waals surface area contributed by atoms with Crippen molar-refractivity contribution in [3.05, 3.63) is 52.4 Å². The predicted molar refractivity (Wildman–Crippen MR) is 148 cm³/mol.